The van der Waals surface area contributed by atoms with Crippen molar-refractivity contribution in [3.8, 4) is 0 Å². The number of sulfonamides is 1. The lowest BCUT2D eigenvalue weighted by Gasteiger charge is -2.10. The van der Waals surface area contributed by atoms with Crippen molar-refractivity contribution in [1.29, 1.82) is 0 Å². The Labute approximate surface area is 130 Å². The number of hydrogen-bond acceptors (Lipinski definition) is 4. The molecule has 9 heteroatoms. The Hall–Kier alpha value is -2.19. The summed E-state index contributed by atoms with van der Waals surface area (Å²) in [5.74, 6) is -1.05. The van der Waals surface area contributed by atoms with Crippen LogP contribution in [0.2, 0.25) is 5.02 Å². The number of benzene rings is 2. The van der Waals surface area contributed by atoms with Crippen LogP contribution in [0.4, 0.5) is 15.8 Å². The number of nitro groups is 1. The molecule has 0 atom stereocenters. The number of halogens is 2. The second-order valence-corrected chi connectivity index (χ2v) is 6.53. The van der Waals surface area contributed by atoms with Gasteiger partial charge in [-0.15, -0.1) is 0 Å². The number of nitrogens with one attached hydrogen (secondary N) is 1. The van der Waals surface area contributed by atoms with Crippen LogP contribution in [0.25, 0.3) is 0 Å². The molecule has 2 rings (SSSR count). The van der Waals surface area contributed by atoms with Crippen molar-refractivity contribution in [3.63, 3.8) is 0 Å². The zero-order chi connectivity index (χ0) is 16.5. The van der Waals surface area contributed by atoms with E-state index in [0.29, 0.717) is 5.56 Å². The summed E-state index contributed by atoms with van der Waals surface area (Å²) in [6.07, 6.45) is 0. The molecule has 0 aliphatic carbocycles. The highest BCUT2D eigenvalue weighted by atomic mass is 35.5. The summed E-state index contributed by atoms with van der Waals surface area (Å²) in [5.41, 5.74) is -0.482. The number of rotatable bonds is 4. The van der Waals surface area contributed by atoms with Gasteiger partial charge in [-0.2, -0.15) is 4.39 Å². The van der Waals surface area contributed by atoms with Crippen molar-refractivity contribution in [2.75, 3.05) is 4.72 Å². The zero-order valence-corrected chi connectivity index (χ0v) is 12.8. The average Bonchev–Trinajstić information content (AvgIpc) is 2.43. The van der Waals surface area contributed by atoms with Crippen LogP contribution < -0.4 is 4.72 Å². The number of hydrogen-bond donors (Lipinski definition) is 1. The molecular formula is C13H10ClFN2O4S. The molecule has 0 bridgehead atoms. The number of nitrogens with zero attached hydrogens (tertiary/aromatic N) is 1. The maximum atomic E-state index is 13.3. The van der Waals surface area contributed by atoms with E-state index in [4.69, 9.17) is 11.6 Å². The van der Waals surface area contributed by atoms with Crippen LogP contribution in [-0.4, -0.2) is 13.3 Å². The van der Waals surface area contributed by atoms with Gasteiger partial charge >= 0.3 is 5.69 Å². The molecule has 22 heavy (non-hydrogen) atoms. The van der Waals surface area contributed by atoms with Crippen molar-refractivity contribution in [1.82, 2.24) is 0 Å². The Bertz CT molecular complexity index is 855. The molecule has 0 aromatic heterocycles. The third kappa shape index (κ3) is 3.34. The van der Waals surface area contributed by atoms with E-state index in [2.05, 4.69) is 4.72 Å². The van der Waals surface area contributed by atoms with Crippen LogP contribution in [-0.2, 0) is 10.0 Å². The van der Waals surface area contributed by atoms with Crippen molar-refractivity contribution in [3.05, 3.63) is 62.9 Å². The minimum atomic E-state index is -4.00. The average molecular weight is 345 g/mol. The molecule has 0 spiro atoms. The highest BCUT2D eigenvalue weighted by Crippen LogP contribution is 2.26. The first-order chi connectivity index (χ1) is 10.2. The molecule has 0 saturated carbocycles. The monoisotopic (exact) mass is 344 g/mol. The molecule has 0 fully saturated rings. The molecule has 116 valence electrons. The summed E-state index contributed by atoms with van der Waals surface area (Å²) in [6, 6.07) is 7.06. The standard InChI is InChI=1S/C13H10ClFN2O4S/c1-8-2-3-9(14)6-13(8)22(20,21)16-10-4-5-11(15)12(7-10)17(18)19/h2-7,16H,1H3. The lowest BCUT2D eigenvalue weighted by atomic mass is 10.2. The predicted molar refractivity (Wildman–Crippen MR) is 80.1 cm³/mol. The highest BCUT2D eigenvalue weighted by molar-refractivity contribution is 7.92. The summed E-state index contributed by atoms with van der Waals surface area (Å²) in [5, 5.41) is 10.9. The molecule has 2 aromatic rings. The van der Waals surface area contributed by atoms with Crippen LogP contribution in [0.3, 0.4) is 0 Å². The second-order valence-electron chi connectivity index (χ2n) is 4.44. The van der Waals surface area contributed by atoms with E-state index in [-0.39, 0.29) is 15.6 Å². The predicted octanol–water partition coefficient (Wildman–Crippen LogP) is 3.50. The minimum absolute atomic E-state index is 0.0630. The van der Waals surface area contributed by atoms with E-state index in [9.17, 15) is 22.9 Å². The maximum Gasteiger partial charge on any atom is 0.306 e. The van der Waals surface area contributed by atoms with E-state index in [0.717, 1.165) is 18.2 Å². The summed E-state index contributed by atoms with van der Waals surface area (Å²) < 4.78 is 40.0. The summed E-state index contributed by atoms with van der Waals surface area (Å²) in [7, 11) is -4.00. The molecule has 0 unspecified atom stereocenters. The fraction of sp³-hybridized carbons (Fsp3) is 0.0769. The fourth-order valence-electron chi connectivity index (χ4n) is 1.79. The van der Waals surface area contributed by atoms with E-state index >= 15 is 0 Å². The van der Waals surface area contributed by atoms with Crippen LogP contribution >= 0.6 is 11.6 Å². The van der Waals surface area contributed by atoms with Gasteiger partial charge in [-0.3, -0.25) is 14.8 Å². The Morgan fingerprint density at radius 1 is 1.23 bits per heavy atom. The number of anilines is 1. The fourth-order valence-corrected chi connectivity index (χ4v) is 3.35. The van der Waals surface area contributed by atoms with E-state index in [1.54, 1.807) is 13.0 Å². The number of nitro benzene ring substituents is 1. The molecule has 2 aromatic carbocycles. The normalized spacial score (nSPS) is 11.2. The van der Waals surface area contributed by atoms with Crippen LogP contribution in [0, 0.1) is 22.9 Å². The lowest BCUT2D eigenvalue weighted by Crippen LogP contribution is -2.14. The largest absolute Gasteiger partial charge is 0.306 e. The van der Waals surface area contributed by atoms with Gasteiger partial charge in [-0.05, 0) is 36.8 Å². The van der Waals surface area contributed by atoms with Crippen LogP contribution in [0.15, 0.2) is 41.3 Å². The summed E-state index contributed by atoms with van der Waals surface area (Å²) in [6.45, 7) is 1.58. The summed E-state index contributed by atoms with van der Waals surface area (Å²) in [4.78, 5) is 9.68. The SMILES string of the molecule is Cc1ccc(Cl)cc1S(=O)(=O)Nc1ccc(F)c([N+](=O)[O-])c1. The van der Waals surface area contributed by atoms with Crippen LogP contribution in [0.5, 0.6) is 0 Å². The van der Waals surface area contributed by atoms with Crippen molar-refractivity contribution in [2.24, 2.45) is 0 Å². The van der Waals surface area contributed by atoms with Gasteiger partial charge in [0.1, 0.15) is 0 Å². The van der Waals surface area contributed by atoms with Gasteiger partial charge in [0.05, 0.1) is 15.5 Å². The zero-order valence-electron chi connectivity index (χ0n) is 11.2. The first-order valence-corrected chi connectivity index (χ1v) is 7.80. The number of aryl methyl sites for hydroxylation is 1. The van der Waals surface area contributed by atoms with E-state index < -0.39 is 26.5 Å². The van der Waals surface area contributed by atoms with Gasteiger partial charge in [0.25, 0.3) is 10.0 Å². The smallest absolute Gasteiger partial charge is 0.279 e. The first kappa shape index (κ1) is 16.2. The van der Waals surface area contributed by atoms with Crippen LogP contribution in [0.1, 0.15) is 5.56 Å². The van der Waals surface area contributed by atoms with Gasteiger partial charge in [0, 0.05) is 11.1 Å². The van der Waals surface area contributed by atoms with Gasteiger partial charge < -0.3 is 0 Å². The molecule has 0 heterocycles. The Balaban J connectivity index is 2.43. The topological polar surface area (TPSA) is 89.3 Å². The molecule has 0 aliphatic heterocycles. The Morgan fingerprint density at radius 3 is 2.55 bits per heavy atom. The molecule has 0 aliphatic rings. The Morgan fingerprint density at radius 2 is 1.91 bits per heavy atom. The molecule has 0 radical (unpaired) electrons. The van der Waals surface area contributed by atoms with E-state index in [1.165, 1.54) is 12.1 Å². The molecule has 6 nitrogen and oxygen atoms in total. The van der Waals surface area contributed by atoms with Gasteiger partial charge in [-0.1, -0.05) is 17.7 Å². The van der Waals surface area contributed by atoms with Gasteiger partial charge in [-0.25, -0.2) is 8.42 Å². The quantitative estimate of drug-likeness (QED) is 0.679. The highest BCUT2D eigenvalue weighted by Gasteiger charge is 2.20. The molecule has 1 N–H and O–H groups in total. The first-order valence-electron chi connectivity index (χ1n) is 5.93. The Kier molecular flexibility index (Phi) is 4.34. The molecule has 0 saturated heterocycles. The van der Waals surface area contributed by atoms with Crippen molar-refractivity contribution in [2.45, 2.75) is 11.8 Å². The van der Waals surface area contributed by atoms with Crippen molar-refractivity contribution >= 4 is 33.0 Å². The minimum Gasteiger partial charge on any atom is -0.279 e. The molecule has 0 amide bonds. The second kappa shape index (κ2) is 5.90. The lowest BCUT2D eigenvalue weighted by molar-refractivity contribution is -0.387. The van der Waals surface area contributed by atoms with Gasteiger partial charge in [0.15, 0.2) is 0 Å². The molecular weight excluding hydrogens is 335 g/mol. The summed E-state index contributed by atoms with van der Waals surface area (Å²) >= 11 is 5.78. The van der Waals surface area contributed by atoms with Crippen molar-refractivity contribution < 1.29 is 17.7 Å². The third-order valence-electron chi connectivity index (χ3n) is 2.83. The van der Waals surface area contributed by atoms with E-state index in [1.807, 2.05) is 0 Å². The third-order valence-corrected chi connectivity index (χ3v) is 4.59. The maximum absolute atomic E-state index is 13.3. The van der Waals surface area contributed by atoms with Gasteiger partial charge in [0.2, 0.25) is 5.82 Å².